The number of esters is 1. The fraction of sp³-hybridized carbons (Fsp3) is 0.188. The van der Waals surface area contributed by atoms with Gasteiger partial charge in [0.05, 0.1) is 10.5 Å². The van der Waals surface area contributed by atoms with Gasteiger partial charge in [-0.2, -0.15) is 13.2 Å². The Morgan fingerprint density at radius 1 is 1.20 bits per heavy atom. The number of hydrogen-bond donors (Lipinski definition) is 0. The number of rotatable bonds is 5. The molecule has 25 heavy (non-hydrogen) atoms. The molecule has 0 amide bonds. The van der Waals surface area contributed by atoms with Crippen molar-refractivity contribution in [3.63, 3.8) is 0 Å². The summed E-state index contributed by atoms with van der Waals surface area (Å²) in [6.07, 6.45) is -4.62. The van der Waals surface area contributed by atoms with Gasteiger partial charge in [0.15, 0.2) is 6.61 Å². The van der Waals surface area contributed by atoms with Crippen LogP contribution in [-0.4, -0.2) is 17.5 Å². The minimum absolute atomic E-state index is 0.0285. The van der Waals surface area contributed by atoms with E-state index in [-0.39, 0.29) is 17.0 Å². The Hall–Kier alpha value is -3.10. The summed E-state index contributed by atoms with van der Waals surface area (Å²) in [4.78, 5) is 21.8. The second-order valence-electron chi connectivity index (χ2n) is 4.96. The highest BCUT2D eigenvalue weighted by atomic mass is 19.4. The van der Waals surface area contributed by atoms with Gasteiger partial charge in [-0.05, 0) is 31.2 Å². The lowest BCUT2D eigenvalue weighted by Gasteiger charge is -2.13. The normalized spacial score (nSPS) is 11.0. The van der Waals surface area contributed by atoms with Gasteiger partial charge >= 0.3 is 12.1 Å². The lowest BCUT2D eigenvalue weighted by molar-refractivity contribution is -0.385. The Kier molecular flexibility index (Phi) is 5.26. The molecule has 132 valence electrons. The van der Waals surface area contributed by atoms with Crippen LogP contribution < -0.4 is 9.47 Å². The van der Waals surface area contributed by atoms with Crippen LogP contribution in [0.4, 0.5) is 18.9 Å². The number of halogens is 3. The number of carbonyl (C=O) groups is 1. The standard InChI is InChI=1S/C16H12F3NO5/c1-10-8-11(6-7-13(10)20(22)23)25-15(21)9-24-14-5-3-2-4-12(14)16(17,18)19/h2-8H,9H2,1H3. The molecule has 0 fully saturated rings. The van der Waals surface area contributed by atoms with Crippen molar-refractivity contribution in [3.8, 4) is 11.5 Å². The minimum atomic E-state index is -4.62. The molecule has 0 aliphatic rings. The van der Waals surface area contributed by atoms with E-state index < -0.39 is 35.0 Å². The van der Waals surface area contributed by atoms with Crippen LogP contribution in [0.15, 0.2) is 42.5 Å². The first-order chi connectivity index (χ1) is 11.7. The second-order valence-corrected chi connectivity index (χ2v) is 4.96. The number of alkyl halides is 3. The monoisotopic (exact) mass is 355 g/mol. The zero-order valence-electron chi connectivity index (χ0n) is 12.9. The molecule has 2 aromatic rings. The molecule has 0 aromatic heterocycles. The van der Waals surface area contributed by atoms with Gasteiger partial charge in [0.1, 0.15) is 11.5 Å². The fourth-order valence-electron chi connectivity index (χ4n) is 2.02. The molecular weight excluding hydrogens is 343 g/mol. The first-order valence-corrected chi connectivity index (χ1v) is 6.93. The van der Waals surface area contributed by atoms with E-state index in [1.807, 2.05) is 0 Å². The zero-order valence-corrected chi connectivity index (χ0v) is 12.9. The average Bonchev–Trinajstić information content (AvgIpc) is 2.52. The molecule has 9 heteroatoms. The zero-order chi connectivity index (χ0) is 18.6. The van der Waals surface area contributed by atoms with Crippen LogP contribution in [0.3, 0.4) is 0 Å². The number of carbonyl (C=O) groups excluding carboxylic acids is 1. The van der Waals surface area contributed by atoms with E-state index >= 15 is 0 Å². The molecule has 0 saturated heterocycles. The Morgan fingerprint density at radius 3 is 2.48 bits per heavy atom. The van der Waals surface area contributed by atoms with Crippen LogP contribution in [0.25, 0.3) is 0 Å². The molecule has 0 heterocycles. The maximum Gasteiger partial charge on any atom is 0.419 e. The van der Waals surface area contributed by atoms with E-state index in [9.17, 15) is 28.1 Å². The van der Waals surface area contributed by atoms with Crippen molar-refractivity contribution < 1.29 is 32.4 Å². The molecule has 0 unspecified atom stereocenters. The Bertz CT molecular complexity index is 805. The van der Waals surface area contributed by atoms with Crippen LogP contribution >= 0.6 is 0 Å². The first kappa shape index (κ1) is 18.2. The molecular formula is C16H12F3NO5. The maximum atomic E-state index is 12.8. The van der Waals surface area contributed by atoms with E-state index in [0.717, 1.165) is 18.2 Å². The number of nitro benzene ring substituents is 1. The van der Waals surface area contributed by atoms with Crippen LogP contribution in [0.2, 0.25) is 0 Å². The van der Waals surface area contributed by atoms with Gasteiger partial charge in [-0.1, -0.05) is 12.1 Å². The van der Waals surface area contributed by atoms with Crippen molar-refractivity contribution in [2.75, 3.05) is 6.61 Å². The molecule has 2 aromatic carbocycles. The highest BCUT2D eigenvalue weighted by Crippen LogP contribution is 2.35. The Balaban J connectivity index is 2.03. The van der Waals surface area contributed by atoms with Gasteiger partial charge in [-0.25, -0.2) is 4.79 Å². The number of aryl methyl sites for hydroxylation is 1. The van der Waals surface area contributed by atoms with Gasteiger partial charge in [0.25, 0.3) is 5.69 Å². The summed E-state index contributed by atoms with van der Waals surface area (Å²) in [6.45, 7) is 0.717. The summed E-state index contributed by atoms with van der Waals surface area (Å²) in [5.74, 6) is -1.40. The first-order valence-electron chi connectivity index (χ1n) is 6.93. The summed E-state index contributed by atoms with van der Waals surface area (Å²) in [5.41, 5.74) is -0.872. The van der Waals surface area contributed by atoms with Crippen molar-refractivity contribution in [2.24, 2.45) is 0 Å². The summed E-state index contributed by atoms with van der Waals surface area (Å²) >= 11 is 0. The van der Waals surface area contributed by atoms with E-state index in [1.165, 1.54) is 31.2 Å². The topological polar surface area (TPSA) is 78.7 Å². The van der Waals surface area contributed by atoms with E-state index in [1.54, 1.807) is 0 Å². The number of para-hydroxylation sites is 1. The number of nitrogens with zero attached hydrogens (tertiary/aromatic N) is 1. The largest absolute Gasteiger partial charge is 0.481 e. The van der Waals surface area contributed by atoms with Crippen molar-refractivity contribution in [1.29, 1.82) is 0 Å². The highest BCUT2D eigenvalue weighted by Gasteiger charge is 2.34. The quantitative estimate of drug-likeness (QED) is 0.352. The van der Waals surface area contributed by atoms with Crippen molar-refractivity contribution in [1.82, 2.24) is 0 Å². The summed E-state index contributed by atoms with van der Waals surface area (Å²) in [7, 11) is 0. The minimum Gasteiger partial charge on any atom is -0.481 e. The predicted molar refractivity (Wildman–Crippen MR) is 80.4 cm³/mol. The predicted octanol–water partition coefficient (Wildman–Crippen LogP) is 3.91. The summed E-state index contributed by atoms with van der Waals surface area (Å²) in [5, 5.41) is 10.7. The smallest absolute Gasteiger partial charge is 0.419 e. The van der Waals surface area contributed by atoms with E-state index in [2.05, 4.69) is 0 Å². The van der Waals surface area contributed by atoms with Crippen LogP contribution in [0.5, 0.6) is 11.5 Å². The third-order valence-electron chi connectivity index (χ3n) is 3.13. The molecule has 0 spiro atoms. The molecule has 6 nitrogen and oxygen atoms in total. The van der Waals surface area contributed by atoms with E-state index in [0.29, 0.717) is 0 Å². The summed E-state index contributed by atoms with van der Waals surface area (Å²) in [6, 6.07) is 8.12. The third-order valence-corrected chi connectivity index (χ3v) is 3.13. The highest BCUT2D eigenvalue weighted by molar-refractivity contribution is 5.74. The van der Waals surface area contributed by atoms with E-state index in [4.69, 9.17) is 9.47 Å². The molecule has 0 saturated carbocycles. The lowest BCUT2D eigenvalue weighted by atomic mass is 10.2. The fourth-order valence-corrected chi connectivity index (χ4v) is 2.02. The average molecular weight is 355 g/mol. The molecule has 0 bridgehead atoms. The molecule has 0 N–H and O–H groups in total. The van der Waals surface area contributed by atoms with Gasteiger partial charge < -0.3 is 9.47 Å². The SMILES string of the molecule is Cc1cc(OC(=O)COc2ccccc2C(F)(F)F)ccc1[N+](=O)[O-]. The molecule has 0 aliphatic heterocycles. The molecule has 0 radical (unpaired) electrons. The van der Waals surface area contributed by atoms with Crippen LogP contribution in [-0.2, 0) is 11.0 Å². The molecule has 0 aliphatic carbocycles. The Morgan fingerprint density at radius 2 is 1.88 bits per heavy atom. The van der Waals surface area contributed by atoms with Gasteiger partial charge in [-0.15, -0.1) is 0 Å². The molecule has 2 rings (SSSR count). The maximum absolute atomic E-state index is 12.8. The second kappa shape index (κ2) is 7.20. The third kappa shape index (κ3) is 4.69. The van der Waals surface area contributed by atoms with Crippen molar-refractivity contribution >= 4 is 11.7 Å². The van der Waals surface area contributed by atoms with Gasteiger partial charge in [0, 0.05) is 11.6 Å². The Labute approximate surface area is 139 Å². The number of hydrogen-bond acceptors (Lipinski definition) is 5. The number of nitro groups is 1. The number of benzene rings is 2. The van der Waals surface area contributed by atoms with Crippen LogP contribution in [0.1, 0.15) is 11.1 Å². The van der Waals surface area contributed by atoms with Gasteiger partial charge in [-0.3, -0.25) is 10.1 Å². The van der Waals surface area contributed by atoms with Gasteiger partial charge in [0.2, 0.25) is 0 Å². The van der Waals surface area contributed by atoms with Crippen molar-refractivity contribution in [2.45, 2.75) is 13.1 Å². The summed E-state index contributed by atoms with van der Waals surface area (Å²) < 4.78 is 48.2. The van der Waals surface area contributed by atoms with Crippen molar-refractivity contribution in [3.05, 3.63) is 63.7 Å². The molecule has 0 atom stereocenters. The van der Waals surface area contributed by atoms with Crippen LogP contribution in [0, 0.1) is 17.0 Å². The number of ether oxygens (including phenoxy) is 2. The lowest BCUT2D eigenvalue weighted by Crippen LogP contribution is -2.19.